The molecule has 3 heterocycles. The van der Waals surface area contributed by atoms with Crippen LogP contribution in [0.15, 0.2) is 23.3 Å². The van der Waals surface area contributed by atoms with Gasteiger partial charge in [-0.25, -0.2) is 14.4 Å². The van der Waals surface area contributed by atoms with Gasteiger partial charge in [0.05, 0.1) is 16.9 Å². The molecule has 0 atom stereocenters. The van der Waals surface area contributed by atoms with Gasteiger partial charge in [0.1, 0.15) is 11.5 Å². The van der Waals surface area contributed by atoms with Gasteiger partial charge in [0.25, 0.3) is 0 Å². The Labute approximate surface area is 148 Å². The Morgan fingerprint density at radius 3 is 2.71 bits per heavy atom. The van der Waals surface area contributed by atoms with Crippen LogP contribution in [0.1, 0.15) is 25.3 Å². The van der Waals surface area contributed by atoms with Crippen molar-refractivity contribution >= 4 is 34.6 Å². The molecule has 2 aliphatic heterocycles. The predicted octanol–water partition coefficient (Wildman–Crippen LogP) is 4.74. The molecular formula is C17H14Cl2FN3O. The van der Waals surface area contributed by atoms with E-state index in [1.807, 2.05) is 13.0 Å². The van der Waals surface area contributed by atoms with Crippen molar-refractivity contribution in [2.45, 2.75) is 25.2 Å². The number of hydrogen-bond acceptors (Lipinski definition) is 4. The molecule has 1 aromatic heterocycles. The summed E-state index contributed by atoms with van der Waals surface area (Å²) in [6.07, 6.45) is 3.00. The van der Waals surface area contributed by atoms with Crippen molar-refractivity contribution in [1.82, 2.24) is 9.97 Å². The van der Waals surface area contributed by atoms with E-state index in [1.54, 1.807) is 0 Å². The summed E-state index contributed by atoms with van der Waals surface area (Å²) in [4.78, 5) is 12.5. The molecule has 2 aromatic rings. The Morgan fingerprint density at radius 2 is 1.96 bits per heavy atom. The predicted molar refractivity (Wildman–Crippen MR) is 91.9 cm³/mol. The molecule has 0 saturated carbocycles. The summed E-state index contributed by atoms with van der Waals surface area (Å²) in [5.74, 6) is -0.379. The van der Waals surface area contributed by atoms with Gasteiger partial charge in [-0.1, -0.05) is 11.6 Å². The molecule has 124 valence electrons. The Hall–Kier alpha value is -1.56. The Kier molecular flexibility index (Phi) is 3.82. The summed E-state index contributed by atoms with van der Waals surface area (Å²) in [5, 5.41) is 0.402. The standard InChI is InChI=1S/C17H14Cl2FN3O/c1-9-17(2-4-24-5-3-17)11-6-10(7-13(20)15(11)22-9)14-12(18)8-21-16(19)23-14/h6-8H,2-5H2,1H3. The number of aromatic nitrogens is 2. The van der Waals surface area contributed by atoms with Gasteiger partial charge < -0.3 is 4.74 Å². The Bertz CT molecular complexity index is 863. The van der Waals surface area contributed by atoms with Gasteiger partial charge in [0.2, 0.25) is 5.28 Å². The van der Waals surface area contributed by atoms with Crippen LogP contribution in [0.3, 0.4) is 0 Å². The highest BCUT2D eigenvalue weighted by molar-refractivity contribution is 6.33. The van der Waals surface area contributed by atoms with E-state index in [2.05, 4.69) is 15.0 Å². The number of ether oxygens (including phenoxy) is 1. The second-order valence-corrected chi connectivity index (χ2v) is 6.83. The number of rotatable bonds is 1. The highest BCUT2D eigenvalue weighted by Crippen LogP contribution is 2.49. The summed E-state index contributed by atoms with van der Waals surface area (Å²) < 4.78 is 20.2. The van der Waals surface area contributed by atoms with Crippen molar-refractivity contribution < 1.29 is 9.13 Å². The van der Waals surface area contributed by atoms with Crippen LogP contribution in [-0.2, 0) is 10.2 Å². The van der Waals surface area contributed by atoms with E-state index in [0.29, 0.717) is 35.2 Å². The van der Waals surface area contributed by atoms with E-state index in [9.17, 15) is 4.39 Å². The van der Waals surface area contributed by atoms with E-state index in [-0.39, 0.29) is 16.5 Å². The maximum absolute atomic E-state index is 14.7. The number of aliphatic imine (C=N–C) groups is 1. The zero-order valence-electron chi connectivity index (χ0n) is 12.9. The highest BCUT2D eigenvalue weighted by Gasteiger charge is 2.43. The smallest absolute Gasteiger partial charge is 0.222 e. The number of nitrogens with zero attached hydrogens (tertiary/aromatic N) is 3. The van der Waals surface area contributed by atoms with Crippen molar-refractivity contribution in [2.75, 3.05) is 13.2 Å². The zero-order chi connectivity index (χ0) is 16.9. The third-order valence-electron chi connectivity index (χ3n) is 4.89. The molecule has 0 bridgehead atoms. The van der Waals surface area contributed by atoms with E-state index in [1.165, 1.54) is 12.3 Å². The molecule has 0 unspecified atom stereocenters. The van der Waals surface area contributed by atoms with Crippen molar-refractivity contribution in [3.63, 3.8) is 0 Å². The fourth-order valence-corrected chi connectivity index (χ4v) is 3.92. The molecule has 1 aromatic carbocycles. The zero-order valence-corrected chi connectivity index (χ0v) is 14.5. The molecule has 7 heteroatoms. The van der Waals surface area contributed by atoms with Crippen molar-refractivity contribution in [1.29, 1.82) is 0 Å². The lowest BCUT2D eigenvalue weighted by molar-refractivity contribution is 0.0716. The molecule has 0 radical (unpaired) electrons. The second-order valence-electron chi connectivity index (χ2n) is 6.08. The molecule has 4 nitrogen and oxygen atoms in total. The van der Waals surface area contributed by atoms with E-state index >= 15 is 0 Å². The molecular weight excluding hydrogens is 352 g/mol. The van der Waals surface area contributed by atoms with Crippen LogP contribution in [0.2, 0.25) is 10.3 Å². The molecule has 0 N–H and O–H groups in total. The first-order valence-electron chi connectivity index (χ1n) is 7.67. The minimum absolute atomic E-state index is 0.0727. The van der Waals surface area contributed by atoms with Crippen molar-refractivity contribution in [3.05, 3.63) is 40.0 Å². The normalized spacial score (nSPS) is 18.6. The van der Waals surface area contributed by atoms with Gasteiger partial charge in [0.15, 0.2) is 0 Å². The van der Waals surface area contributed by atoms with E-state index in [4.69, 9.17) is 27.9 Å². The fourth-order valence-electron chi connectivity index (χ4n) is 3.58. The molecule has 2 aliphatic rings. The summed E-state index contributed by atoms with van der Waals surface area (Å²) in [5.41, 5.74) is 2.96. The van der Waals surface area contributed by atoms with Gasteiger partial charge in [-0.15, -0.1) is 0 Å². The van der Waals surface area contributed by atoms with Crippen LogP contribution in [0.5, 0.6) is 0 Å². The van der Waals surface area contributed by atoms with Crippen LogP contribution in [0.4, 0.5) is 10.1 Å². The minimum atomic E-state index is -0.379. The number of halogens is 3. The van der Waals surface area contributed by atoms with Gasteiger partial charge in [-0.3, -0.25) is 4.99 Å². The summed E-state index contributed by atoms with van der Waals surface area (Å²) >= 11 is 12.1. The summed E-state index contributed by atoms with van der Waals surface area (Å²) in [7, 11) is 0. The second kappa shape index (κ2) is 5.76. The van der Waals surface area contributed by atoms with Crippen LogP contribution in [0, 0.1) is 5.82 Å². The van der Waals surface area contributed by atoms with Crippen molar-refractivity contribution in [2.24, 2.45) is 4.99 Å². The topological polar surface area (TPSA) is 47.4 Å². The maximum Gasteiger partial charge on any atom is 0.222 e. The Morgan fingerprint density at radius 1 is 1.21 bits per heavy atom. The molecule has 1 spiro atoms. The lowest BCUT2D eigenvalue weighted by Crippen LogP contribution is -2.38. The lowest BCUT2D eigenvalue weighted by Gasteiger charge is -2.35. The summed E-state index contributed by atoms with van der Waals surface area (Å²) in [6, 6.07) is 3.33. The van der Waals surface area contributed by atoms with Gasteiger partial charge in [-0.05, 0) is 49.1 Å². The third-order valence-corrected chi connectivity index (χ3v) is 5.34. The minimum Gasteiger partial charge on any atom is -0.381 e. The number of fused-ring (bicyclic) bond motifs is 2. The monoisotopic (exact) mass is 365 g/mol. The average Bonchev–Trinajstić information content (AvgIpc) is 2.84. The van der Waals surface area contributed by atoms with Crippen LogP contribution < -0.4 is 0 Å². The third kappa shape index (κ3) is 2.34. The van der Waals surface area contributed by atoms with E-state index < -0.39 is 0 Å². The molecule has 4 rings (SSSR count). The van der Waals surface area contributed by atoms with Gasteiger partial charge in [-0.2, -0.15) is 0 Å². The van der Waals surface area contributed by atoms with Crippen LogP contribution in [-0.4, -0.2) is 28.9 Å². The van der Waals surface area contributed by atoms with Crippen molar-refractivity contribution in [3.8, 4) is 11.3 Å². The maximum atomic E-state index is 14.7. The summed E-state index contributed by atoms with van der Waals surface area (Å²) in [6.45, 7) is 3.23. The number of benzene rings is 1. The molecule has 1 saturated heterocycles. The molecule has 24 heavy (non-hydrogen) atoms. The van der Waals surface area contributed by atoms with Crippen LogP contribution in [0.25, 0.3) is 11.3 Å². The quantitative estimate of drug-likeness (QED) is 0.685. The first kappa shape index (κ1) is 15.9. The first-order chi connectivity index (χ1) is 11.5. The number of hydrogen-bond donors (Lipinski definition) is 0. The van der Waals surface area contributed by atoms with Gasteiger partial charge >= 0.3 is 0 Å². The molecule has 0 aliphatic carbocycles. The average molecular weight is 366 g/mol. The van der Waals surface area contributed by atoms with Gasteiger partial charge in [0, 0.05) is 29.9 Å². The first-order valence-corrected chi connectivity index (χ1v) is 8.43. The fraction of sp³-hybridized carbons (Fsp3) is 0.353. The lowest BCUT2D eigenvalue weighted by atomic mass is 9.71. The SMILES string of the molecule is CC1=Nc2c(F)cc(-c3nc(Cl)ncc3Cl)cc2C12CCOCC2. The highest BCUT2D eigenvalue weighted by atomic mass is 35.5. The Balaban J connectivity index is 1.91. The molecule has 0 amide bonds. The largest absolute Gasteiger partial charge is 0.381 e. The van der Waals surface area contributed by atoms with Crippen LogP contribution >= 0.6 is 23.2 Å². The van der Waals surface area contributed by atoms with E-state index in [0.717, 1.165) is 24.1 Å². The molecule has 1 fully saturated rings.